The molecule has 2 aromatic carbocycles. The first-order chi connectivity index (χ1) is 8.27. The van der Waals surface area contributed by atoms with E-state index in [4.69, 9.17) is 0 Å². The summed E-state index contributed by atoms with van der Waals surface area (Å²) in [4.78, 5) is 0. The van der Waals surface area contributed by atoms with Crippen LogP contribution in [0, 0.1) is 0 Å². The number of rotatable bonds is 0. The van der Waals surface area contributed by atoms with E-state index < -0.39 is 12.2 Å². The van der Waals surface area contributed by atoms with Gasteiger partial charge < -0.3 is 15.5 Å². The second kappa shape index (κ2) is 3.87. The average molecular weight is 227 g/mol. The Hall–Kier alpha value is -1.84. The van der Waals surface area contributed by atoms with Crippen molar-refractivity contribution in [3.05, 3.63) is 59.7 Å². The molecule has 1 aliphatic rings. The Morgan fingerprint density at radius 2 is 1.12 bits per heavy atom. The molecule has 0 spiro atoms. The molecule has 86 valence electrons. The molecule has 3 nitrogen and oxygen atoms in total. The van der Waals surface area contributed by atoms with Crippen LogP contribution in [0.1, 0.15) is 23.3 Å². The van der Waals surface area contributed by atoms with Crippen LogP contribution in [0.25, 0.3) is 0 Å². The Kier molecular flexibility index (Phi) is 2.35. The van der Waals surface area contributed by atoms with Crippen molar-refractivity contribution >= 4 is 11.4 Å². The third-order valence-corrected chi connectivity index (χ3v) is 3.13. The molecule has 0 aromatic heterocycles. The Morgan fingerprint density at radius 1 is 0.706 bits per heavy atom. The third kappa shape index (κ3) is 1.60. The van der Waals surface area contributed by atoms with E-state index >= 15 is 0 Å². The van der Waals surface area contributed by atoms with Crippen molar-refractivity contribution in [1.29, 1.82) is 0 Å². The minimum atomic E-state index is -0.901. The molecule has 2 unspecified atom stereocenters. The van der Waals surface area contributed by atoms with Crippen molar-refractivity contribution in [2.75, 3.05) is 5.32 Å². The average Bonchev–Trinajstić information content (AvgIpc) is 2.48. The smallest absolute Gasteiger partial charge is 0.111 e. The van der Waals surface area contributed by atoms with Crippen LogP contribution in [0.4, 0.5) is 11.4 Å². The summed E-state index contributed by atoms with van der Waals surface area (Å²) >= 11 is 0. The number of nitrogens with one attached hydrogen (secondary N) is 1. The maximum absolute atomic E-state index is 10.2. The first-order valence-electron chi connectivity index (χ1n) is 5.58. The van der Waals surface area contributed by atoms with Gasteiger partial charge in [0.2, 0.25) is 0 Å². The lowest BCUT2D eigenvalue weighted by atomic mass is 9.99. The van der Waals surface area contributed by atoms with Crippen LogP contribution >= 0.6 is 0 Å². The Bertz CT molecular complexity index is 504. The summed E-state index contributed by atoms with van der Waals surface area (Å²) in [5.41, 5.74) is 3.11. The Morgan fingerprint density at radius 3 is 1.59 bits per heavy atom. The maximum atomic E-state index is 10.2. The van der Waals surface area contributed by atoms with Gasteiger partial charge in [0.05, 0.1) is 0 Å². The highest BCUT2D eigenvalue weighted by molar-refractivity contribution is 5.69. The number of para-hydroxylation sites is 2. The molecule has 17 heavy (non-hydrogen) atoms. The summed E-state index contributed by atoms with van der Waals surface area (Å²) in [5, 5.41) is 23.6. The van der Waals surface area contributed by atoms with E-state index in [-0.39, 0.29) is 0 Å². The molecule has 3 N–H and O–H groups in total. The number of hydrogen-bond acceptors (Lipinski definition) is 3. The van der Waals surface area contributed by atoms with Crippen molar-refractivity contribution in [3.8, 4) is 0 Å². The topological polar surface area (TPSA) is 52.5 Å². The van der Waals surface area contributed by atoms with Crippen molar-refractivity contribution in [3.63, 3.8) is 0 Å². The Balaban J connectivity index is 2.20. The number of aliphatic hydroxyl groups is 2. The van der Waals surface area contributed by atoms with Crippen LogP contribution in [-0.4, -0.2) is 10.2 Å². The molecule has 0 radical (unpaired) electrons. The van der Waals surface area contributed by atoms with E-state index in [0.29, 0.717) is 0 Å². The fourth-order valence-corrected chi connectivity index (χ4v) is 2.22. The van der Waals surface area contributed by atoms with E-state index in [1.54, 1.807) is 0 Å². The predicted octanol–water partition coefficient (Wildman–Crippen LogP) is 2.51. The van der Waals surface area contributed by atoms with Gasteiger partial charge in [-0.15, -0.1) is 0 Å². The highest BCUT2D eigenvalue weighted by atomic mass is 16.3. The van der Waals surface area contributed by atoms with Crippen LogP contribution in [0.15, 0.2) is 48.5 Å². The molecule has 2 aromatic rings. The minimum Gasteiger partial charge on any atom is -0.385 e. The quantitative estimate of drug-likeness (QED) is 0.648. The predicted molar refractivity (Wildman–Crippen MR) is 66.1 cm³/mol. The second-order valence-electron chi connectivity index (χ2n) is 4.19. The number of aliphatic hydroxyl groups excluding tert-OH is 2. The van der Waals surface area contributed by atoms with Gasteiger partial charge in [0.25, 0.3) is 0 Å². The molecule has 0 fully saturated rings. The lowest BCUT2D eigenvalue weighted by Gasteiger charge is -2.17. The lowest BCUT2D eigenvalue weighted by Crippen LogP contribution is -2.08. The standard InChI is InChI=1S/C14H13NO2/c16-13-9-5-1-3-7-11(9)15-12-8-4-2-6-10(12)14(13)17/h1-8,13-17H. The summed E-state index contributed by atoms with van der Waals surface area (Å²) in [6.45, 7) is 0. The van der Waals surface area contributed by atoms with Crippen LogP contribution < -0.4 is 5.32 Å². The number of benzene rings is 2. The van der Waals surface area contributed by atoms with Gasteiger partial charge in [0.15, 0.2) is 0 Å². The highest BCUT2D eigenvalue weighted by Gasteiger charge is 2.27. The fraction of sp³-hybridized carbons (Fsp3) is 0.143. The zero-order valence-electron chi connectivity index (χ0n) is 9.17. The molecule has 0 saturated heterocycles. The molecule has 1 heterocycles. The summed E-state index contributed by atoms with van der Waals surface area (Å²) in [7, 11) is 0. The van der Waals surface area contributed by atoms with Crippen LogP contribution in [0.2, 0.25) is 0 Å². The lowest BCUT2D eigenvalue weighted by molar-refractivity contribution is 0.0188. The summed E-state index contributed by atoms with van der Waals surface area (Å²) in [6.07, 6.45) is -1.80. The normalized spacial score (nSPS) is 22.0. The van der Waals surface area contributed by atoms with Gasteiger partial charge in [-0.05, 0) is 12.1 Å². The fourth-order valence-electron chi connectivity index (χ4n) is 2.22. The molecule has 0 amide bonds. The van der Waals surface area contributed by atoms with E-state index in [9.17, 15) is 10.2 Å². The van der Waals surface area contributed by atoms with Gasteiger partial charge in [-0.1, -0.05) is 36.4 Å². The van der Waals surface area contributed by atoms with Gasteiger partial charge >= 0.3 is 0 Å². The largest absolute Gasteiger partial charge is 0.385 e. The monoisotopic (exact) mass is 227 g/mol. The van der Waals surface area contributed by atoms with Gasteiger partial charge in [0.1, 0.15) is 12.2 Å². The van der Waals surface area contributed by atoms with E-state index in [0.717, 1.165) is 22.5 Å². The van der Waals surface area contributed by atoms with E-state index in [1.807, 2.05) is 48.5 Å². The Labute approximate surface area is 99.4 Å². The zero-order chi connectivity index (χ0) is 11.8. The van der Waals surface area contributed by atoms with Crippen molar-refractivity contribution in [2.45, 2.75) is 12.2 Å². The molecule has 2 atom stereocenters. The molecule has 0 saturated carbocycles. The first kappa shape index (κ1) is 10.3. The maximum Gasteiger partial charge on any atom is 0.111 e. The van der Waals surface area contributed by atoms with Gasteiger partial charge in [-0.3, -0.25) is 0 Å². The van der Waals surface area contributed by atoms with Crippen LogP contribution in [-0.2, 0) is 0 Å². The molecule has 0 bridgehead atoms. The summed E-state index contributed by atoms with van der Waals surface area (Å²) in [6, 6.07) is 14.9. The minimum absolute atomic E-state index is 0.719. The second-order valence-corrected chi connectivity index (χ2v) is 4.19. The van der Waals surface area contributed by atoms with Crippen LogP contribution in [0.3, 0.4) is 0 Å². The summed E-state index contributed by atoms with van der Waals surface area (Å²) < 4.78 is 0. The van der Waals surface area contributed by atoms with Gasteiger partial charge in [-0.25, -0.2) is 0 Å². The third-order valence-electron chi connectivity index (χ3n) is 3.13. The van der Waals surface area contributed by atoms with Crippen LogP contribution in [0.5, 0.6) is 0 Å². The number of anilines is 2. The van der Waals surface area contributed by atoms with Gasteiger partial charge in [-0.2, -0.15) is 0 Å². The summed E-state index contributed by atoms with van der Waals surface area (Å²) in [5.74, 6) is 0. The molecule has 3 heteroatoms. The number of hydrogen-bond donors (Lipinski definition) is 3. The molecule has 1 aliphatic heterocycles. The van der Waals surface area contributed by atoms with Crippen molar-refractivity contribution < 1.29 is 10.2 Å². The van der Waals surface area contributed by atoms with Crippen molar-refractivity contribution in [1.82, 2.24) is 0 Å². The first-order valence-corrected chi connectivity index (χ1v) is 5.58. The molecular formula is C14H13NO2. The zero-order valence-corrected chi connectivity index (χ0v) is 9.17. The molecule has 0 aliphatic carbocycles. The van der Waals surface area contributed by atoms with Crippen molar-refractivity contribution in [2.24, 2.45) is 0 Å². The number of fused-ring (bicyclic) bond motifs is 2. The van der Waals surface area contributed by atoms with E-state index in [1.165, 1.54) is 0 Å². The van der Waals surface area contributed by atoms with Gasteiger partial charge in [0, 0.05) is 22.5 Å². The highest BCUT2D eigenvalue weighted by Crippen LogP contribution is 2.40. The molecule has 3 rings (SSSR count). The SMILES string of the molecule is OC1c2ccccc2Nc2ccccc2C1O. The van der Waals surface area contributed by atoms with E-state index in [2.05, 4.69) is 5.32 Å². The molecular weight excluding hydrogens is 214 g/mol.